The van der Waals surface area contributed by atoms with Crippen molar-refractivity contribution in [1.29, 1.82) is 5.26 Å². The number of carbonyl (C=O) groups is 1. The largest absolute Gasteiger partial charge is 0.467 e. The van der Waals surface area contributed by atoms with Gasteiger partial charge in [0.1, 0.15) is 17.6 Å². The summed E-state index contributed by atoms with van der Waals surface area (Å²) in [5.41, 5.74) is 2.96. The Morgan fingerprint density at radius 2 is 2.00 bits per heavy atom. The molecule has 0 spiro atoms. The van der Waals surface area contributed by atoms with Crippen LogP contribution in [-0.4, -0.2) is 26.4 Å². The summed E-state index contributed by atoms with van der Waals surface area (Å²) in [6.07, 6.45) is 1.59. The van der Waals surface area contributed by atoms with Crippen LogP contribution >= 0.6 is 11.8 Å². The van der Waals surface area contributed by atoms with Gasteiger partial charge in [-0.25, -0.2) is 0 Å². The third-order valence-electron chi connectivity index (χ3n) is 4.85. The van der Waals surface area contributed by atoms with Crippen molar-refractivity contribution >= 4 is 23.5 Å². The Bertz CT molecular complexity index is 1240. The van der Waals surface area contributed by atoms with E-state index >= 15 is 0 Å². The Morgan fingerprint density at radius 3 is 2.71 bits per heavy atom. The molecule has 8 nitrogen and oxygen atoms in total. The molecule has 0 saturated heterocycles. The van der Waals surface area contributed by atoms with Gasteiger partial charge in [0.2, 0.25) is 11.8 Å². The normalized spacial score (nSPS) is 10.7. The molecular formula is C22H19N5O3S. The van der Waals surface area contributed by atoms with Crippen molar-refractivity contribution < 1.29 is 13.6 Å². The molecule has 1 aromatic carbocycles. The van der Waals surface area contributed by atoms with E-state index < -0.39 is 0 Å². The zero-order chi connectivity index (χ0) is 21.8. The van der Waals surface area contributed by atoms with Gasteiger partial charge < -0.3 is 18.7 Å². The predicted octanol–water partition coefficient (Wildman–Crippen LogP) is 4.40. The standard InChI is InChI=1S/C22H19N5O3S/c1-14-15(2)27(12-17-9-6-10-29-17)20(18(14)11-23)24-19(28)13-31-22-26-25-21(30-22)16-7-4-3-5-8-16/h3-10H,12-13H2,1-2H3,(H,24,28). The van der Waals surface area contributed by atoms with Crippen molar-refractivity contribution in [2.75, 3.05) is 11.1 Å². The highest BCUT2D eigenvalue weighted by molar-refractivity contribution is 7.99. The molecule has 0 bridgehead atoms. The van der Waals surface area contributed by atoms with E-state index in [2.05, 4.69) is 21.6 Å². The van der Waals surface area contributed by atoms with E-state index in [4.69, 9.17) is 8.83 Å². The van der Waals surface area contributed by atoms with E-state index in [1.54, 1.807) is 12.3 Å². The van der Waals surface area contributed by atoms with Gasteiger partial charge in [-0.1, -0.05) is 30.0 Å². The van der Waals surface area contributed by atoms with Crippen LogP contribution in [0, 0.1) is 25.2 Å². The minimum atomic E-state index is -0.279. The van der Waals surface area contributed by atoms with Crippen LogP contribution in [0.15, 0.2) is 62.8 Å². The van der Waals surface area contributed by atoms with Crippen LogP contribution in [0.5, 0.6) is 0 Å². The average molecular weight is 433 g/mol. The lowest BCUT2D eigenvalue weighted by Crippen LogP contribution is -2.18. The lowest BCUT2D eigenvalue weighted by atomic mass is 10.2. The van der Waals surface area contributed by atoms with Gasteiger partial charge in [0.05, 0.1) is 24.1 Å². The molecular weight excluding hydrogens is 414 g/mol. The Morgan fingerprint density at radius 1 is 1.19 bits per heavy atom. The Labute approximate surface area is 182 Å². The summed E-state index contributed by atoms with van der Waals surface area (Å²) in [4.78, 5) is 12.6. The van der Waals surface area contributed by atoms with Crippen LogP contribution < -0.4 is 5.32 Å². The first-order chi connectivity index (χ1) is 15.1. The Balaban J connectivity index is 1.47. The molecule has 0 fully saturated rings. The molecule has 0 atom stereocenters. The maximum atomic E-state index is 12.6. The molecule has 0 unspecified atom stereocenters. The van der Waals surface area contributed by atoms with Crippen LogP contribution in [0.25, 0.3) is 11.5 Å². The summed E-state index contributed by atoms with van der Waals surface area (Å²) in [5, 5.41) is 20.8. The van der Waals surface area contributed by atoms with Crippen molar-refractivity contribution in [3.05, 3.63) is 71.3 Å². The van der Waals surface area contributed by atoms with Gasteiger partial charge in [0.25, 0.3) is 5.22 Å². The van der Waals surface area contributed by atoms with Crippen LogP contribution in [0.3, 0.4) is 0 Å². The summed E-state index contributed by atoms with van der Waals surface area (Å²) >= 11 is 1.14. The smallest absolute Gasteiger partial charge is 0.277 e. The fourth-order valence-electron chi connectivity index (χ4n) is 3.15. The van der Waals surface area contributed by atoms with Gasteiger partial charge >= 0.3 is 0 Å². The molecule has 1 N–H and O–H groups in total. The van der Waals surface area contributed by atoms with E-state index in [9.17, 15) is 10.1 Å². The highest BCUT2D eigenvalue weighted by Crippen LogP contribution is 2.28. The SMILES string of the molecule is Cc1c(C#N)c(NC(=O)CSc2nnc(-c3ccccc3)o2)n(Cc2ccco2)c1C. The van der Waals surface area contributed by atoms with Crippen molar-refractivity contribution in [2.45, 2.75) is 25.6 Å². The number of nitriles is 1. The number of nitrogens with zero attached hydrogens (tertiary/aromatic N) is 4. The molecule has 4 rings (SSSR count). The number of amides is 1. The van der Waals surface area contributed by atoms with E-state index in [1.165, 1.54) is 0 Å². The second-order valence-electron chi connectivity index (χ2n) is 6.79. The van der Waals surface area contributed by atoms with Crippen molar-refractivity contribution in [3.63, 3.8) is 0 Å². The van der Waals surface area contributed by atoms with Crippen LogP contribution in [0.1, 0.15) is 22.6 Å². The number of thioether (sulfide) groups is 1. The topological polar surface area (TPSA) is 110 Å². The van der Waals surface area contributed by atoms with Gasteiger partial charge in [-0.3, -0.25) is 4.79 Å². The van der Waals surface area contributed by atoms with Gasteiger partial charge in [0.15, 0.2) is 0 Å². The van der Waals surface area contributed by atoms with E-state index in [0.29, 0.717) is 29.0 Å². The van der Waals surface area contributed by atoms with E-state index in [-0.39, 0.29) is 11.7 Å². The molecule has 3 aromatic heterocycles. The van der Waals surface area contributed by atoms with Gasteiger partial charge in [0, 0.05) is 11.3 Å². The molecule has 4 aromatic rings. The maximum absolute atomic E-state index is 12.6. The average Bonchev–Trinajstić information content (AvgIpc) is 3.51. The van der Waals surface area contributed by atoms with E-state index in [1.807, 2.05) is 54.8 Å². The second-order valence-corrected chi connectivity index (χ2v) is 7.71. The number of benzene rings is 1. The van der Waals surface area contributed by atoms with Crippen LogP contribution in [0.4, 0.5) is 5.82 Å². The van der Waals surface area contributed by atoms with Gasteiger partial charge in [-0.05, 0) is 43.7 Å². The zero-order valence-electron chi connectivity index (χ0n) is 17.0. The number of hydrogen-bond donors (Lipinski definition) is 1. The third kappa shape index (κ3) is 4.39. The number of furan rings is 1. The fraction of sp³-hybridized carbons (Fsp3) is 0.182. The fourth-order valence-corrected chi connectivity index (χ4v) is 3.71. The van der Waals surface area contributed by atoms with Crippen molar-refractivity contribution in [3.8, 4) is 17.5 Å². The van der Waals surface area contributed by atoms with E-state index in [0.717, 1.165) is 34.3 Å². The molecule has 0 aliphatic rings. The number of anilines is 1. The minimum Gasteiger partial charge on any atom is -0.467 e. The first-order valence-electron chi connectivity index (χ1n) is 9.50. The molecule has 3 heterocycles. The molecule has 9 heteroatoms. The zero-order valence-corrected chi connectivity index (χ0v) is 17.8. The number of hydrogen-bond acceptors (Lipinski definition) is 7. The maximum Gasteiger partial charge on any atom is 0.277 e. The molecule has 0 radical (unpaired) electrons. The van der Waals surface area contributed by atoms with Crippen molar-refractivity contribution in [2.24, 2.45) is 0 Å². The molecule has 0 saturated carbocycles. The number of nitrogens with one attached hydrogen (secondary N) is 1. The van der Waals surface area contributed by atoms with Gasteiger partial charge in [-0.15, -0.1) is 10.2 Å². The molecule has 0 aliphatic heterocycles. The first-order valence-corrected chi connectivity index (χ1v) is 10.5. The summed E-state index contributed by atoms with van der Waals surface area (Å²) < 4.78 is 12.9. The summed E-state index contributed by atoms with van der Waals surface area (Å²) in [7, 11) is 0. The molecule has 0 aliphatic carbocycles. The third-order valence-corrected chi connectivity index (χ3v) is 5.67. The van der Waals surface area contributed by atoms with Crippen LogP contribution in [0.2, 0.25) is 0 Å². The quantitative estimate of drug-likeness (QED) is 0.430. The predicted molar refractivity (Wildman–Crippen MR) is 116 cm³/mol. The monoisotopic (exact) mass is 433 g/mol. The Kier molecular flexibility index (Phi) is 5.91. The second kappa shape index (κ2) is 8.93. The number of carbonyl (C=O) groups excluding carboxylic acids is 1. The summed E-state index contributed by atoms with van der Waals surface area (Å²) in [6.45, 7) is 4.18. The molecule has 1 amide bonds. The first kappa shape index (κ1) is 20.5. The number of aromatic nitrogens is 3. The minimum absolute atomic E-state index is 0.0608. The Hall–Kier alpha value is -3.77. The summed E-state index contributed by atoms with van der Waals surface area (Å²) in [5.74, 6) is 1.36. The van der Waals surface area contributed by atoms with Gasteiger partial charge in [-0.2, -0.15) is 5.26 Å². The van der Waals surface area contributed by atoms with Crippen LogP contribution in [-0.2, 0) is 11.3 Å². The highest BCUT2D eigenvalue weighted by atomic mass is 32.2. The lowest BCUT2D eigenvalue weighted by Gasteiger charge is -2.11. The number of rotatable bonds is 7. The molecule has 156 valence electrons. The summed E-state index contributed by atoms with van der Waals surface area (Å²) in [6, 6.07) is 15.3. The highest BCUT2D eigenvalue weighted by Gasteiger charge is 2.21. The lowest BCUT2D eigenvalue weighted by molar-refractivity contribution is -0.113. The van der Waals surface area contributed by atoms with Crippen molar-refractivity contribution in [1.82, 2.24) is 14.8 Å². The molecule has 31 heavy (non-hydrogen) atoms.